The molecule has 25 heavy (non-hydrogen) atoms. The van der Waals surface area contributed by atoms with Crippen molar-refractivity contribution < 1.29 is 18.8 Å². The van der Waals surface area contributed by atoms with Gasteiger partial charge >= 0.3 is 6.03 Å². The van der Waals surface area contributed by atoms with Crippen molar-refractivity contribution >= 4 is 6.03 Å². The Labute approximate surface area is 144 Å². The van der Waals surface area contributed by atoms with Crippen molar-refractivity contribution in [3.05, 3.63) is 36.0 Å². The summed E-state index contributed by atoms with van der Waals surface area (Å²) in [6.07, 6.45) is 2.97. The van der Waals surface area contributed by atoms with Crippen LogP contribution in [0.1, 0.15) is 25.2 Å². The highest BCUT2D eigenvalue weighted by molar-refractivity contribution is 5.74. The lowest BCUT2D eigenvalue weighted by atomic mass is 10.2. The number of aliphatic hydroxyl groups excluding tert-OH is 1. The lowest BCUT2D eigenvalue weighted by molar-refractivity contribution is 0.157. The van der Waals surface area contributed by atoms with Crippen LogP contribution in [0.3, 0.4) is 0 Å². The Hall–Kier alpha value is -2.48. The van der Waals surface area contributed by atoms with E-state index in [-0.39, 0.29) is 24.5 Å². The van der Waals surface area contributed by atoms with Crippen LogP contribution in [0.5, 0.6) is 0 Å². The first-order valence-corrected chi connectivity index (χ1v) is 8.41. The highest BCUT2D eigenvalue weighted by Crippen LogP contribution is 2.17. The smallest absolute Gasteiger partial charge is 0.317 e. The summed E-state index contributed by atoms with van der Waals surface area (Å²) in [6.45, 7) is 1.17. The number of nitrogens with one attached hydrogen (secondary N) is 1. The standard InChI is InChI=1S/C17H21FN4O3/c18-13-7-5-12(6-8-13)16-20-15(25-21-16)4-1-9-19-17(24)22-10-2-3-14(22)11-23/h5-8,14,23H,1-4,9-11H2,(H,19,24)/t14-/m0/s1. The number of urea groups is 1. The zero-order chi connectivity index (χ0) is 17.6. The van der Waals surface area contributed by atoms with E-state index in [1.165, 1.54) is 12.1 Å². The third kappa shape index (κ3) is 4.33. The number of likely N-dealkylation sites (tertiary alicyclic amines) is 1. The number of hydrogen-bond acceptors (Lipinski definition) is 5. The van der Waals surface area contributed by atoms with Gasteiger partial charge < -0.3 is 19.8 Å². The van der Waals surface area contributed by atoms with Gasteiger partial charge in [0.25, 0.3) is 0 Å². The summed E-state index contributed by atoms with van der Waals surface area (Å²) in [5, 5.41) is 16.0. The second-order valence-electron chi connectivity index (χ2n) is 6.03. The molecule has 0 saturated carbocycles. The molecule has 2 heterocycles. The second-order valence-corrected chi connectivity index (χ2v) is 6.03. The number of aliphatic hydroxyl groups is 1. The third-order valence-corrected chi connectivity index (χ3v) is 4.26. The summed E-state index contributed by atoms with van der Waals surface area (Å²) in [5.74, 6) is 0.578. The maximum absolute atomic E-state index is 12.9. The van der Waals surface area contributed by atoms with Crippen LogP contribution in [0.4, 0.5) is 9.18 Å². The minimum absolute atomic E-state index is 0.00155. The summed E-state index contributed by atoms with van der Waals surface area (Å²) < 4.78 is 18.1. The maximum atomic E-state index is 12.9. The van der Waals surface area contributed by atoms with Crippen LogP contribution in [0.2, 0.25) is 0 Å². The molecule has 0 unspecified atom stereocenters. The molecule has 1 aromatic carbocycles. The van der Waals surface area contributed by atoms with Crippen molar-refractivity contribution in [3.63, 3.8) is 0 Å². The number of benzene rings is 1. The van der Waals surface area contributed by atoms with E-state index in [2.05, 4.69) is 15.5 Å². The molecule has 1 atom stereocenters. The van der Waals surface area contributed by atoms with E-state index in [0.717, 1.165) is 12.8 Å². The van der Waals surface area contributed by atoms with E-state index >= 15 is 0 Å². The molecule has 0 bridgehead atoms. The van der Waals surface area contributed by atoms with E-state index in [0.29, 0.717) is 43.2 Å². The number of hydrogen-bond donors (Lipinski definition) is 2. The normalized spacial score (nSPS) is 17.0. The zero-order valence-electron chi connectivity index (χ0n) is 13.8. The first-order valence-electron chi connectivity index (χ1n) is 8.41. The average Bonchev–Trinajstić information content (AvgIpc) is 3.28. The minimum atomic E-state index is -0.315. The SMILES string of the molecule is O=C(NCCCc1nc(-c2ccc(F)cc2)no1)N1CCC[C@H]1CO. The fourth-order valence-electron chi connectivity index (χ4n) is 2.90. The number of carbonyl (C=O) groups excluding carboxylic acids is 1. The van der Waals surface area contributed by atoms with Gasteiger partial charge in [-0.05, 0) is 43.5 Å². The highest BCUT2D eigenvalue weighted by Gasteiger charge is 2.27. The van der Waals surface area contributed by atoms with Crippen molar-refractivity contribution in [2.75, 3.05) is 19.7 Å². The van der Waals surface area contributed by atoms with E-state index in [1.54, 1.807) is 17.0 Å². The lowest BCUT2D eigenvalue weighted by Gasteiger charge is -2.23. The Kier molecular flexibility index (Phi) is 5.60. The zero-order valence-corrected chi connectivity index (χ0v) is 13.8. The summed E-state index contributed by atoms with van der Waals surface area (Å²) in [7, 11) is 0. The van der Waals surface area contributed by atoms with Crippen LogP contribution in [0.25, 0.3) is 11.4 Å². The number of aromatic nitrogens is 2. The van der Waals surface area contributed by atoms with Crippen LogP contribution in [-0.2, 0) is 6.42 Å². The van der Waals surface area contributed by atoms with Gasteiger partial charge in [0, 0.05) is 25.1 Å². The number of rotatable bonds is 6. The number of amides is 2. The first kappa shape index (κ1) is 17.3. The third-order valence-electron chi connectivity index (χ3n) is 4.26. The van der Waals surface area contributed by atoms with Gasteiger partial charge in [-0.1, -0.05) is 5.16 Å². The Balaban J connectivity index is 1.43. The van der Waals surface area contributed by atoms with Gasteiger partial charge in [0.1, 0.15) is 5.82 Å². The number of carbonyl (C=O) groups is 1. The summed E-state index contributed by atoms with van der Waals surface area (Å²) in [4.78, 5) is 18.0. The highest BCUT2D eigenvalue weighted by atomic mass is 19.1. The molecule has 0 radical (unpaired) electrons. The predicted molar refractivity (Wildman–Crippen MR) is 88.2 cm³/mol. The van der Waals surface area contributed by atoms with E-state index < -0.39 is 0 Å². The summed E-state index contributed by atoms with van der Waals surface area (Å²) >= 11 is 0. The van der Waals surface area contributed by atoms with Gasteiger partial charge in [-0.15, -0.1) is 0 Å². The largest absolute Gasteiger partial charge is 0.394 e. The van der Waals surface area contributed by atoms with Gasteiger partial charge in [0.05, 0.1) is 12.6 Å². The van der Waals surface area contributed by atoms with Crippen molar-refractivity contribution in [2.24, 2.45) is 0 Å². The topological polar surface area (TPSA) is 91.5 Å². The molecule has 1 aliphatic heterocycles. The van der Waals surface area contributed by atoms with E-state index in [1.807, 2.05) is 0 Å². The van der Waals surface area contributed by atoms with Gasteiger partial charge in [-0.25, -0.2) is 9.18 Å². The predicted octanol–water partition coefficient (Wildman–Crippen LogP) is 1.97. The lowest BCUT2D eigenvalue weighted by Crippen LogP contribution is -2.44. The van der Waals surface area contributed by atoms with Crippen molar-refractivity contribution in [1.82, 2.24) is 20.4 Å². The van der Waals surface area contributed by atoms with Crippen LogP contribution >= 0.6 is 0 Å². The fourth-order valence-corrected chi connectivity index (χ4v) is 2.90. The van der Waals surface area contributed by atoms with Crippen molar-refractivity contribution in [1.29, 1.82) is 0 Å². The molecule has 1 saturated heterocycles. The maximum Gasteiger partial charge on any atom is 0.317 e. The van der Waals surface area contributed by atoms with Crippen LogP contribution in [-0.4, -0.2) is 51.9 Å². The van der Waals surface area contributed by atoms with Gasteiger partial charge in [0.15, 0.2) is 0 Å². The molecule has 134 valence electrons. The molecule has 8 heteroatoms. The number of nitrogens with zero attached hydrogens (tertiary/aromatic N) is 3. The van der Waals surface area contributed by atoms with Crippen LogP contribution in [0.15, 0.2) is 28.8 Å². The average molecular weight is 348 g/mol. The van der Waals surface area contributed by atoms with Crippen LogP contribution in [0, 0.1) is 5.82 Å². The molecule has 2 aromatic rings. The molecule has 7 nitrogen and oxygen atoms in total. The molecule has 3 rings (SSSR count). The molecule has 1 fully saturated rings. The Bertz CT molecular complexity index is 704. The van der Waals surface area contributed by atoms with E-state index in [4.69, 9.17) is 4.52 Å². The summed E-state index contributed by atoms with van der Waals surface area (Å²) in [5.41, 5.74) is 0.689. The number of halogens is 1. The quantitative estimate of drug-likeness (QED) is 0.779. The van der Waals surface area contributed by atoms with Gasteiger partial charge in [0.2, 0.25) is 11.7 Å². The van der Waals surface area contributed by atoms with Gasteiger partial charge in [-0.2, -0.15) is 4.98 Å². The Morgan fingerprint density at radius 3 is 2.96 bits per heavy atom. The van der Waals surface area contributed by atoms with Crippen LogP contribution < -0.4 is 5.32 Å². The molecular weight excluding hydrogens is 327 g/mol. The number of aryl methyl sites for hydroxylation is 1. The fraction of sp³-hybridized carbons (Fsp3) is 0.471. The van der Waals surface area contributed by atoms with Crippen molar-refractivity contribution in [2.45, 2.75) is 31.7 Å². The Morgan fingerprint density at radius 1 is 1.40 bits per heavy atom. The molecule has 1 aliphatic rings. The molecule has 2 amide bonds. The molecular formula is C17H21FN4O3. The molecule has 0 aliphatic carbocycles. The molecule has 0 spiro atoms. The molecule has 1 aromatic heterocycles. The van der Waals surface area contributed by atoms with Gasteiger partial charge in [-0.3, -0.25) is 0 Å². The summed E-state index contributed by atoms with van der Waals surface area (Å²) in [6, 6.07) is 5.66. The second kappa shape index (κ2) is 8.06. The monoisotopic (exact) mass is 348 g/mol. The van der Waals surface area contributed by atoms with E-state index in [9.17, 15) is 14.3 Å². The Morgan fingerprint density at radius 2 is 2.20 bits per heavy atom. The minimum Gasteiger partial charge on any atom is -0.394 e. The first-order chi connectivity index (χ1) is 12.2. The van der Waals surface area contributed by atoms with Crippen molar-refractivity contribution in [3.8, 4) is 11.4 Å². The molecule has 2 N–H and O–H groups in total.